The highest BCUT2D eigenvalue weighted by molar-refractivity contribution is 8.15. The van der Waals surface area contributed by atoms with Crippen molar-refractivity contribution in [3.05, 3.63) is 65.2 Å². The Morgan fingerprint density at radius 2 is 1.93 bits per heavy atom. The zero-order chi connectivity index (χ0) is 20.5. The number of amides is 2. The Morgan fingerprint density at radius 1 is 1.21 bits per heavy atom. The lowest BCUT2D eigenvalue weighted by molar-refractivity contribution is -0.124. The van der Waals surface area contributed by atoms with Crippen LogP contribution in [0.15, 0.2) is 58.5 Å². The molecule has 148 valence electrons. The molecule has 0 spiro atoms. The van der Waals surface area contributed by atoms with Gasteiger partial charge in [-0.3, -0.25) is 14.6 Å². The van der Waals surface area contributed by atoms with E-state index in [2.05, 4.69) is 15.3 Å². The van der Waals surface area contributed by atoms with Gasteiger partial charge in [-0.15, -0.1) is 0 Å². The Labute approximate surface area is 174 Å². The van der Waals surface area contributed by atoms with E-state index in [0.29, 0.717) is 17.5 Å². The minimum atomic E-state index is -0.451. The molecule has 2 aromatic rings. The molecule has 2 atom stereocenters. The van der Waals surface area contributed by atoms with Crippen molar-refractivity contribution in [2.45, 2.75) is 38.6 Å². The number of rotatable bonds is 4. The summed E-state index contributed by atoms with van der Waals surface area (Å²) in [5.41, 5.74) is 3.83. The quantitative estimate of drug-likeness (QED) is 0.846. The number of aliphatic imine (C=N–C) groups is 2. The van der Waals surface area contributed by atoms with Crippen molar-refractivity contribution < 1.29 is 9.59 Å². The average molecular weight is 407 g/mol. The molecule has 2 aliphatic heterocycles. The lowest BCUT2D eigenvalue weighted by atomic mass is 10.1. The molecule has 0 aromatic heterocycles. The van der Waals surface area contributed by atoms with E-state index in [1.54, 1.807) is 11.8 Å². The Balaban J connectivity index is 1.49. The van der Waals surface area contributed by atoms with Gasteiger partial charge in [-0.1, -0.05) is 53.7 Å². The van der Waals surface area contributed by atoms with Crippen molar-refractivity contribution in [3.8, 4) is 0 Å². The SMILES string of the molecule is Cc1ccc(CNC(=O)[C@H](C)SC2=Nc3ccccc3C3=N[C@@H](C)C(=O)N23)cc1. The second kappa shape index (κ2) is 7.83. The fourth-order valence-electron chi connectivity index (χ4n) is 3.21. The summed E-state index contributed by atoms with van der Waals surface area (Å²) in [6.07, 6.45) is 0. The van der Waals surface area contributed by atoms with Crippen LogP contribution in [0, 0.1) is 6.92 Å². The first-order chi connectivity index (χ1) is 13.9. The van der Waals surface area contributed by atoms with Crippen molar-refractivity contribution in [3.63, 3.8) is 0 Å². The van der Waals surface area contributed by atoms with Gasteiger partial charge in [0.1, 0.15) is 11.9 Å². The second-order valence-corrected chi connectivity index (χ2v) is 8.49. The summed E-state index contributed by atoms with van der Waals surface area (Å²) in [5, 5.41) is 3.05. The van der Waals surface area contributed by atoms with Crippen LogP contribution in [0.3, 0.4) is 0 Å². The molecule has 2 aliphatic rings. The average Bonchev–Trinajstić information content (AvgIpc) is 3.02. The molecule has 0 unspecified atom stereocenters. The molecular weight excluding hydrogens is 384 g/mol. The van der Waals surface area contributed by atoms with E-state index in [4.69, 9.17) is 0 Å². The number of hydrogen-bond acceptors (Lipinski definition) is 5. The number of carbonyl (C=O) groups excluding carboxylic acids is 2. The van der Waals surface area contributed by atoms with Crippen LogP contribution in [0.4, 0.5) is 5.69 Å². The van der Waals surface area contributed by atoms with Gasteiger partial charge in [0.15, 0.2) is 5.17 Å². The molecule has 2 amide bonds. The Bertz CT molecular complexity index is 1030. The maximum atomic E-state index is 12.7. The number of benzene rings is 2. The molecule has 7 heteroatoms. The van der Waals surface area contributed by atoms with Gasteiger partial charge in [0.25, 0.3) is 5.91 Å². The second-order valence-electron chi connectivity index (χ2n) is 7.18. The van der Waals surface area contributed by atoms with Gasteiger partial charge < -0.3 is 5.32 Å². The smallest absolute Gasteiger partial charge is 0.258 e. The maximum Gasteiger partial charge on any atom is 0.258 e. The molecule has 0 saturated carbocycles. The normalized spacial score (nSPS) is 18.5. The Morgan fingerprint density at radius 3 is 2.69 bits per heavy atom. The van der Waals surface area contributed by atoms with E-state index in [1.807, 2.05) is 62.4 Å². The van der Waals surface area contributed by atoms with Gasteiger partial charge in [-0.2, -0.15) is 0 Å². The van der Waals surface area contributed by atoms with Crippen molar-refractivity contribution in [1.82, 2.24) is 10.2 Å². The maximum absolute atomic E-state index is 12.7. The third-order valence-electron chi connectivity index (χ3n) is 4.90. The minimum absolute atomic E-state index is 0.102. The van der Waals surface area contributed by atoms with Crippen molar-refractivity contribution in [1.29, 1.82) is 0 Å². The zero-order valence-electron chi connectivity index (χ0n) is 16.5. The lowest BCUT2D eigenvalue weighted by Gasteiger charge is -2.26. The molecule has 1 N–H and O–H groups in total. The highest BCUT2D eigenvalue weighted by Crippen LogP contribution is 2.34. The first kappa shape index (κ1) is 19.4. The van der Waals surface area contributed by atoms with Crippen molar-refractivity contribution in [2.75, 3.05) is 0 Å². The van der Waals surface area contributed by atoms with Gasteiger partial charge >= 0.3 is 0 Å². The molecular formula is C22H22N4O2S. The Hall–Kier alpha value is -2.93. The molecule has 0 fully saturated rings. The van der Waals surface area contributed by atoms with Crippen LogP contribution in [0.1, 0.15) is 30.5 Å². The summed E-state index contributed by atoms with van der Waals surface area (Å²) < 4.78 is 0. The number of para-hydroxylation sites is 1. The van der Waals surface area contributed by atoms with Gasteiger partial charge in [-0.05, 0) is 38.5 Å². The summed E-state index contributed by atoms with van der Waals surface area (Å²) >= 11 is 1.27. The summed E-state index contributed by atoms with van der Waals surface area (Å²) in [6.45, 7) is 6.09. The first-order valence-electron chi connectivity index (χ1n) is 9.54. The summed E-state index contributed by atoms with van der Waals surface area (Å²) in [5.74, 6) is 0.395. The molecule has 6 nitrogen and oxygen atoms in total. The topological polar surface area (TPSA) is 74.1 Å². The van der Waals surface area contributed by atoms with Crippen LogP contribution < -0.4 is 5.32 Å². The molecule has 2 aromatic carbocycles. The van der Waals surface area contributed by atoms with E-state index in [9.17, 15) is 9.59 Å². The fourth-order valence-corrected chi connectivity index (χ4v) is 4.14. The van der Waals surface area contributed by atoms with E-state index in [-0.39, 0.29) is 11.8 Å². The predicted molar refractivity (Wildman–Crippen MR) is 116 cm³/mol. The third-order valence-corrected chi connectivity index (χ3v) is 5.95. The number of carbonyl (C=O) groups is 2. The number of nitrogens with zero attached hydrogens (tertiary/aromatic N) is 3. The van der Waals surface area contributed by atoms with Crippen LogP contribution in [-0.4, -0.2) is 39.0 Å². The van der Waals surface area contributed by atoms with Crippen LogP contribution in [0.2, 0.25) is 0 Å². The van der Waals surface area contributed by atoms with Crippen molar-refractivity contribution >= 4 is 40.3 Å². The standard InChI is InChI=1S/C22H22N4O2S/c1-13-8-10-16(11-9-13)12-23-20(27)15(3)29-22-25-18-7-5-4-6-17(18)19-24-14(2)21(28)26(19)22/h4-11,14-15H,12H2,1-3H3,(H,23,27)/t14-,15-/m0/s1. The van der Waals surface area contributed by atoms with E-state index < -0.39 is 11.3 Å². The molecule has 29 heavy (non-hydrogen) atoms. The number of amidine groups is 2. The third kappa shape index (κ3) is 3.82. The monoisotopic (exact) mass is 406 g/mol. The number of hydrogen-bond donors (Lipinski definition) is 1. The van der Waals surface area contributed by atoms with E-state index in [1.165, 1.54) is 17.3 Å². The molecule has 0 bridgehead atoms. The van der Waals surface area contributed by atoms with Crippen molar-refractivity contribution in [2.24, 2.45) is 9.98 Å². The highest BCUT2D eigenvalue weighted by atomic mass is 32.2. The van der Waals surface area contributed by atoms with Gasteiger partial charge in [0.2, 0.25) is 5.91 Å². The van der Waals surface area contributed by atoms with Crippen LogP contribution in [0.5, 0.6) is 0 Å². The minimum Gasteiger partial charge on any atom is -0.351 e. The molecule has 0 aliphatic carbocycles. The van der Waals surface area contributed by atoms with E-state index in [0.717, 1.165) is 16.8 Å². The predicted octanol–water partition coefficient (Wildman–Crippen LogP) is 3.41. The molecule has 0 radical (unpaired) electrons. The van der Waals surface area contributed by atoms with Crippen LogP contribution >= 0.6 is 11.8 Å². The van der Waals surface area contributed by atoms with E-state index >= 15 is 0 Å². The Kier molecular flexibility index (Phi) is 5.24. The van der Waals surface area contributed by atoms with Gasteiger partial charge in [0.05, 0.1) is 10.9 Å². The fraction of sp³-hybridized carbons (Fsp3) is 0.273. The summed E-state index contributed by atoms with van der Waals surface area (Å²) in [4.78, 5) is 36.0. The number of fused-ring (bicyclic) bond motifs is 3. The van der Waals surface area contributed by atoms with Gasteiger partial charge in [-0.25, -0.2) is 9.89 Å². The zero-order valence-corrected chi connectivity index (χ0v) is 17.4. The number of thioether (sulfide) groups is 1. The number of aryl methyl sites for hydroxylation is 1. The first-order valence-corrected chi connectivity index (χ1v) is 10.4. The summed E-state index contributed by atoms with van der Waals surface area (Å²) in [7, 11) is 0. The largest absolute Gasteiger partial charge is 0.351 e. The van der Waals surface area contributed by atoms with Crippen LogP contribution in [-0.2, 0) is 16.1 Å². The highest BCUT2D eigenvalue weighted by Gasteiger charge is 2.40. The molecule has 4 rings (SSSR count). The van der Waals surface area contributed by atoms with Gasteiger partial charge in [0, 0.05) is 12.1 Å². The lowest BCUT2D eigenvalue weighted by Crippen LogP contribution is -2.42. The molecule has 0 saturated heterocycles. The number of nitrogens with one attached hydrogen (secondary N) is 1. The summed E-state index contributed by atoms with van der Waals surface area (Å²) in [6, 6.07) is 15.2. The van der Waals surface area contributed by atoms with Crippen LogP contribution in [0.25, 0.3) is 0 Å². The molecule has 2 heterocycles.